The highest BCUT2D eigenvalue weighted by molar-refractivity contribution is 5.94. The van der Waals surface area contributed by atoms with E-state index in [1.165, 1.54) is 0 Å². The van der Waals surface area contributed by atoms with Crippen molar-refractivity contribution in [2.24, 2.45) is 0 Å². The maximum Gasteiger partial charge on any atom is 0.254 e. The van der Waals surface area contributed by atoms with Gasteiger partial charge in [-0.15, -0.1) is 0 Å². The molecule has 0 unspecified atom stereocenters. The average molecular weight is 350 g/mol. The summed E-state index contributed by atoms with van der Waals surface area (Å²) in [6, 6.07) is 11.6. The number of nitrogens with zero attached hydrogens (tertiary/aromatic N) is 4. The van der Waals surface area contributed by atoms with Gasteiger partial charge in [0, 0.05) is 24.8 Å². The van der Waals surface area contributed by atoms with Gasteiger partial charge in [0.25, 0.3) is 5.91 Å². The molecular formula is C21H26N4O. The molecule has 0 spiro atoms. The van der Waals surface area contributed by atoms with E-state index in [-0.39, 0.29) is 5.91 Å². The van der Waals surface area contributed by atoms with E-state index in [2.05, 4.69) is 23.4 Å². The molecule has 5 nitrogen and oxygen atoms in total. The fourth-order valence-corrected chi connectivity index (χ4v) is 3.24. The molecule has 0 N–H and O–H groups in total. The summed E-state index contributed by atoms with van der Waals surface area (Å²) < 4.78 is 2.14. The topological polar surface area (TPSA) is 51.0 Å². The van der Waals surface area contributed by atoms with Crippen LogP contribution in [0.25, 0.3) is 11.2 Å². The van der Waals surface area contributed by atoms with Gasteiger partial charge in [0.1, 0.15) is 11.3 Å². The van der Waals surface area contributed by atoms with Gasteiger partial charge in [0.2, 0.25) is 0 Å². The predicted octanol–water partition coefficient (Wildman–Crippen LogP) is 4.20. The molecule has 2 aromatic heterocycles. The molecular weight excluding hydrogens is 324 g/mol. The summed E-state index contributed by atoms with van der Waals surface area (Å²) in [4.78, 5) is 24.2. The number of hydrogen-bond acceptors (Lipinski definition) is 3. The van der Waals surface area contributed by atoms with Crippen molar-refractivity contribution in [1.29, 1.82) is 0 Å². The van der Waals surface area contributed by atoms with Crippen LogP contribution in [-0.4, -0.2) is 31.9 Å². The van der Waals surface area contributed by atoms with E-state index in [1.54, 1.807) is 6.20 Å². The quantitative estimate of drug-likeness (QED) is 0.641. The minimum atomic E-state index is 0.0543. The van der Waals surface area contributed by atoms with Crippen LogP contribution in [0.15, 0.2) is 42.6 Å². The first kappa shape index (κ1) is 18.1. The summed E-state index contributed by atoms with van der Waals surface area (Å²) in [6.45, 7) is 8.29. The number of carbonyl (C=O) groups is 1. The Bertz CT molecular complexity index is 900. The second-order valence-electron chi connectivity index (χ2n) is 6.62. The predicted molar refractivity (Wildman–Crippen MR) is 104 cm³/mol. The lowest BCUT2D eigenvalue weighted by atomic mass is 10.1. The van der Waals surface area contributed by atoms with Gasteiger partial charge in [0.05, 0.1) is 6.54 Å². The Balaban J connectivity index is 1.94. The van der Waals surface area contributed by atoms with Gasteiger partial charge in [0.15, 0.2) is 5.65 Å². The summed E-state index contributed by atoms with van der Waals surface area (Å²) in [6.07, 6.45) is 3.69. The normalized spacial score (nSPS) is 11.0. The third kappa shape index (κ3) is 3.77. The fourth-order valence-electron chi connectivity index (χ4n) is 3.24. The molecule has 0 saturated heterocycles. The van der Waals surface area contributed by atoms with Crippen LogP contribution >= 0.6 is 0 Å². The minimum absolute atomic E-state index is 0.0543. The first-order valence-corrected chi connectivity index (χ1v) is 9.30. The summed E-state index contributed by atoms with van der Waals surface area (Å²) in [5.74, 6) is 0.952. The van der Waals surface area contributed by atoms with Crippen molar-refractivity contribution in [3.05, 3.63) is 59.5 Å². The summed E-state index contributed by atoms with van der Waals surface area (Å²) in [5, 5.41) is 0. The molecule has 3 aromatic rings. The van der Waals surface area contributed by atoms with Gasteiger partial charge in [-0.2, -0.15) is 0 Å². The van der Waals surface area contributed by atoms with Crippen molar-refractivity contribution >= 4 is 17.1 Å². The first-order chi connectivity index (χ1) is 12.6. The lowest BCUT2D eigenvalue weighted by molar-refractivity contribution is 0.0737. The third-order valence-corrected chi connectivity index (χ3v) is 4.41. The van der Waals surface area contributed by atoms with E-state index in [4.69, 9.17) is 4.98 Å². The number of pyridine rings is 1. The van der Waals surface area contributed by atoms with Crippen molar-refractivity contribution in [3.8, 4) is 0 Å². The van der Waals surface area contributed by atoms with Gasteiger partial charge in [-0.1, -0.05) is 31.5 Å². The van der Waals surface area contributed by atoms with Crippen LogP contribution in [0.3, 0.4) is 0 Å². The van der Waals surface area contributed by atoms with Crippen LogP contribution < -0.4 is 0 Å². The number of aromatic nitrogens is 3. The minimum Gasteiger partial charge on any atom is -0.331 e. The first-order valence-electron chi connectivity index (χ1n) is 9.30. The smallest absolute Gasteiger partial charge is 0.254 e. The van der Waals surface area contributed by atoms with Crippen LogP contribution in [0.4, 0.5) is 0 Å². The number of fused-ring (bicyclic) bond motifs is 1. The van der Waals surface area contributed by atoms with Crippen LogP contribution in [-0.2, 0) is 13.1 Å². The molecule has 1 aromatic carbocycles. The molecule has 0 radical (unpaired) electrons. The van der Waals surface area contributed by atoms with Gasteiger partial charge < -0.3 is 9.47 Å². The molecule has 0 fully saturated rings. The summed E-state index contributed by atoms with van der Waals surface area (Å²) in [5.41, 5.74) is 3.60. The average Bonchev–Trinajstić information content (AvgIpc) is 2.98. The molecule has 5 heteroatoms. The van der Waals surface area contributed by atoms with E-state index in [0.29, 0.717) is 13.1 Å². The number of hydrogen-bond donors (Lipinski definition) is 0. The molecule has 0 aliphatic rings. The van der Waals surface area contributed by atoms with E-state index < -0.39 is 0 Å². The standard InChI is InChI=1S/C21H26N4O/c1-4-12-24(21(26)17-9-6-8-16(3)14-17)15-19-23-18-10-7-11-22-20(18)25(19)13-5-2/h6-11,14H,4-5,12-13,15H2,1-3H3. The van der Waals surface area contributed by atoms with Crippen LogP contribution in [0, 0.1) is 6.92 Å². The van der Waals surface area contributed by atoms with E-state index >= 15 is 0 Å². The molecule has 1 amide bonds. The van der Waals surface area contributed by atoms with Crippen LogP contribution in [0.2, 0.25) is 0 Å². The lowest BCUT2D eigenvalue weighted by Gasteiger charge is -2.22. The molecule has 0 atom stereocenters. The Kier molecular flexibility index (Phi) is 5.66. The molecule has 136 valence electrons. The molecule has 3 rings (SSSR count). The molecule has 26 heavy (non-hydrogen) atoms. The van der Waals surface area contributed by atoms with Crippen LogP contribution in [0.5, 0.6) is 0 Å². The lowest BCUT2D eigenvalue weighted by Crippen LogP contribution is -2.32. The summed E-state index contributed by atoms with van der Waals surface area (Å²) >= 11 is 0. The molecule has 0 aliphatic carbocycles. The van der Waals surface area contributed by atoms with Crippen molar-refractivity contribution in [2.45, 2.75) is 46.7 Å². The zero-order valence-electron chi connectivity index (χ0n) is 15.8. The number of carbonyl (C=O) groups excluding carboxylic acids is 1. The molecule has 0 bridgehead atoms. The fraction of sp³-hybridized carbons (Fsp3) is 0.381. The van der Waals surface area contributed by atoms with Gasteiger partial charge in [-0.25, -0.2) is 9.97 Å². The maximum atomic E-state index is 13.0. The van der Waals surface area contributed by atoms with Crippen molar-refractivity contribution in [1.82, 2.24) is 19.4 Å². The highest BCUT2D eigenvalue weighted by atomic mass is 16.2. The number of amides is 1. The molecule has 2 heterocycles. The second-order valence-corrected chi connectivity index (χ2v) is 6.62. The highest BCUT2D eigenvalue weighted by Gasteiger charge is 2.19. The zero-order chi connectivity index (χ0) is 18.5. The monoisotopic (exact) mass is 350 g/mol. The van der Waals surface area contributed by atoms with E-state index in [0.717, 1.165) is 47.5 Å². The Morgan fingerprint density at radius 2 is 2.00 bits per heavy atom. The SMILES string of the molecule is CCCN(Cc1nc2cccnc2n1CCC)C(=O)c1cccc(C)c1. The van der Waals surface area contributed by atoms with E-state index in [9.17, 15) is 4.79 Å². The van der Waals surface area contributed by atoms with Crippen molar-refractivity contribution in [2.75, 3.05) is 6.54 Å². The van der Waals surface area contributed by atoms with Crippen LogP contribution in [0.1, 0.15) is 48.4 Å². The van der Waals surface area contributed by atoms with Crippen molar-refractivity contribution in [3.63, 3.8) is 0 Å². The Morgan fingerprint density at radius 1 is 1.15 bits per heavy atom. The number of rotatable bonds is 7. The molecule has 0 saturated carbocycles. The number of imidazole rings is 1. The largest absolute Gasteiger partial charge is 0.331 e. The zero-order valence-corrected chi connectivity index (χ0v) is 15.8. The number of aryl methyl sites for hydroxylation is 2. The summed E-state index contributed by atoms with van der Waals surface area (Å²) in [7, 11) is 0. The van der Waals surface area contributed by atoms with Gasteiger partial charge in [-0.05, 0) is 44.0 Å². The molecule has 0 aliphatic heterocycles. The number of benzene rings is 1. The highest BCUT2D eigenvalue weighted by Crippen LogP contribution is 2.17. The Morgan fingerprint density at radius 3 is 2.73 bits per heavy atom. The third-order valence-electron chi connectivity index (χ3n) is 4.41. The second kappa shape index (κ2) is 8.13. The Labute approximate surface area is 154 Å². The maximum absolute atomic E-state index is 13.0. The Hall–Kier alpha value is -2.69. The van der Waals surface area contributed by atoms with E-state index in [1.807, 2.05) is 48.2 Å². The van der Waals surface area contributed by atoms with Gasteiger partial charge in [-0.3, -0.25) is 4.79 Å². The van der Waals surface area contributed by atoms with Gasteiger partial charge >= 0.3 is 0 Å². The van der Waals surface area contributed by atoms with Crippen molar-refractivity contribution < 1.29 is 4.79 Å².